The van der Waals surface area contributed by atoms with Gasteiger partial charge in [-0.25, -0.2) is 8.42 Å². The molecule has 10 heteroatoms. The van der Waals surface area contributed by atoms with Crippen LogP contribution >= 0.6 is 0 Å². The van der Waals surface area contributed by atoms with E-state index in [1.165, 1.54) is 0 Å². The lowest BCUT2D eigenvalue weighted by molar-refractivity contribution is 0.101. The summed E-state index contributed by atoms with van der Waals surface area (Å²) in [6.07, 6.45) is 1.87. The number of carbonyl (C=O) groups is 1. The molecule has 0 unspecified atom stereocenters. The number of benzene rings is 1. The van der Waals surface area contributed by atoms with Crippen molar-refractivity contribution >= 4 is 21.8 Å². The Morgan fingerprint density at radius 2 is 1.79 bits per heavy atom. The van der Waals surface area contributed by atoms with Crippen molar-refractivity contribution in [3.63, 3.8) is 0 Å². The number of nitrogens with zero attached hydrogens (tertiary/aromatic N) is 4. The highest BCUT2D eigenvalue weighted by atomic mass is 32.2. The molecule has 1 N–H and O–H groups in total. The van der Waals surface area contributed by atoms with Crippen LogP contribution in [0, 0.1) is 0 Å². The minimum absolute atomic E-state index is 0.0134. The second kappa shape index (κ2) is 8.16. The van der Waals surface area contributed by atoms with Crippen LogP contribution in [0.1, 0.15) is 55.7 Å². The number of nitrogens with one attached hydrogen (secondary N) is 1. The summed E-state index contributed by atoms with van der Waals surface area (Å²) in [6, 6.07) is 8.18. The second-order valence-electron chi connectivity index (χ2n) is 7.12. The molecule has 1 amide bonds. The van der Waals surface area contributed by atoms with E-state index in [0.717, 1.165) is 5.56 Å². The zero-order chi connectivity index (χ0) is 21.2. The normalized spacial score (nSPS) is 11.9. The molecule has 154 valence electrons. The number of carbonyl (C=O) groups excluding carboxylic acids is 1. The van der Waals surface area contributed by atoms with E-state index in [1.54, 1.807) is 55.1 Å². The molecular formula is C19H23N5O4S. The van der Waals surface area contributed by atoms with Gasteiger partial charge in [0.05, 0.1) is 16.6 Å². The molecule has 3 rings (SSSR count). The first-order chi connectivity index (χ1) is 13.7. The van der Waals surface area contributed by atoms with Crippen LogP contribution < -0.4 is 5.32 Å². The first kappa shape index (κ1) is 20.7. The molecule has 0 atom stereocenters. The predicted octanol–water partition coefficient (Wildman–Crippen LogP) is 2.87. The fraction of sp³-hybridized carbons (Fsp3) is 0.368. The molecule has 0 saturated carbocycles. The summed E-state index contributed by atoms with van der Waals surface area (Å²) in [5.74, 6) is -0.0909. The average Bonchev–Trinajstić information content (AvgIpc) is 3.31. The molecular weight excluding hydrogens is 394 g/mol. The largest absolute Gasteiger partial charge is 0.407 e. The van der Waals surface area contributed by atoms with Gasteiger partial charge in [0.15, 0.2) is 9.84 Å². The molecule has 1 aromatic carbocycles. The van der Waals surface area contributed by atoms with Gasteiger partial charge >= 0.3 is 6.01 Å². The number of anilines is 1. The third-order valence-corrected chi connectivity index (χ3v) is 6.48. The molecule has 0 radical (unpaired) electrons. The summed E-state index contributed by atoms with van der Waals surface area (Å²) >= 11 is 0. The average molecular weight is 417 g/mol. The Morgan fingerprint density at radius 3 is 2.41 bits per heavy atom. The van der Waals surface area contributed by atoms with E-state index in [1.807, 2.05) is 13.8 Å². The quantitative estimate of drug-likeness (QED) is 0.627. The lowest BCUT2D eigenvalue weighted by atomic mass is 10.1. The van der Waals surface area contributed by atoms with Crippen molar-refractivity contribution in [2.75, 3.05) is 5.32 Å². The van der Waals surface area contributed by atoms with Crippen LogP contribution in [0.15, 0.2) is 45.8 Å². The highest BCUT2D eigenvalue weighted by Crippen LogP contribution is 2.19. The number of hydrogen-bond acceptors (Lipinski definition) is 7. The summed E-state index contributed by atoms with van der Waals surface area (Å²) in [7, 11) is -3.31. The number of hydrogen-bond donors (Lipinski definition) is 1. The van der Waals surface area contributed by atoms with Crippen molar-refractivity contribution in [1.82, 2.24) is 20.0 Å². The molecule has 3 aromatic rings. The lowest BCUT2D eigenvalue weighted by Crippen LogP contribution is -2.19. The SMILES string of the molecule is CC(C)n1nccc1C(=O)Nc1nnc(Cc2ccc(S(=O)(=O)C(C)C)cc2)o1. The van der Waals surface area contributed by atoms with Crippen LogP contribution in [0.25, 0.3) is 0 Å². The Morgan fingerprint density at radius 1 is 1.10 bits per heavy atom. The number of amides is 1. The maximum Gasteiger partial charge on any atom is 0.322 e. The number of sulfone groups is 1. The third-order valence-electron chi connectivity index (χ3n) is 4.31. The minimum atomic E-state index is -3.31. The van der Waals surface area contributed by atoms with E-state index in [0.29, 0.717) is 18.0 Å². The Hall–Kier alpha value is -3.01. The van der Waals surface area contributed by atoms with Gasteiger partial charge in [0.1, 0.15) is 5.69 Å². The molecule has 0 aliphatic rings. The smallest absolute Gasteiger partial charge is 0.322 e. The molecule has 0 fully saturated rings. The van der Waals surface area contributed by atoms with Gasteiger partial charge < -0.3 is 4.42 Å². The van der Waals surface area contributed by atoms with Gasteiger partial charge in [-0.2, -0.15) is 5.10 Å². The fourth-order valence-electron chi connectivity index (χ4n) is 2.69. The number of rotatable bonds is 7. The molecule has 0 spiro atoms. The molecule has 0 aliphatic carbocycles. The molecule has 0 saturated heterocycles. The Balaban J connectivity index is 1.68. The molecule has 29 heavy (non-hydrogen) atoms. The van der Waals surface area contributed by atoms with Gasteiger partial charge in [0.25, 0.3) is 5.91 Å². The Bertz CT molecular complexity index is 1100. The van der Waals surface area contributed by atoms with E-state index in [-0.39, 0.29) is 17.0 Å². The first-order valence-electron chi connectivity index (χ1n) is 9.18. The van der Waals surface area contributed by atoms with Gasteiger partial charge in [0, 0.05) is 12.2 Å². The van der Waals surface area contributed by atoms with Gasteiger partial charge in [-0.3, -0.25) is 14.8 Å². The van der Waals surface area contributed by atoms with E-state index < -0.39 is 21.0 Å². The minimum Gasteiger partial charge on any atom is -0.407 e. The van der Waals surface area contributed by atoms with Crippen molar-refractivity contribution < 1.29 is 17.6 Å². The van der Waals surface area contributed by atoms with Crippen LogP contribution in [0.2, 0.25) is 0 Å². The monoisotopic (exact) mass is 417 g/mol. The van der Waals surface area contributed by atoms with Crippen LogP contribution in [0.3, 0.4) is 0 Å². The van der Waals surface area contributed by atoms with Crippen LogP contribution in [0.5, 0.6) is 0 Å². The van der Waals surface area contributed by atoms with Crippen molar-refractivity contribution in [2.45, 2.75) is 50.3 Å². The van der Waals surface area contributed by atoms with E-state index in [9.17, 15) is 13.2 Å². The maximum atomic E-state index is 12.4. The van der Waals surface area contributed by atoms with Gasteiger partial charge in [-0.05, 0) is 51.5 Å². The molecule has 0 aliphatic heterocycles. The van der Waals surface area contributed by atoms with E-state index in [4.69, 9.17) is 4.42 Å². The van der Waals surface area contributed by atoms with Gasteiger partial charge in [-0.1, -0.05) is 17.2 Å². The highest BCUT2D eigenvalue weighted by Gasteiger charge is 2.19. The van der Waals surface area contributed by atoms with Crippen molar-refractivity contribution in [3.8, 4) is 0 Å². The fourth-order valence-corrected chi connectivity index (χ4v) is 3.75. The van der Waals surface area contributed by atoms with E-state index >= 15 is 0 Å². The standard InChI is InChI=1S/C19H23N5O4S/c1-12(2)24-16(9-10-20-24)18(25)21-19-23-22-17(28-19)11-14-5-7-15(8-6-14)29(26,27)13(3)4/h5-10,12-13H,11H2,1-4H3,(H,21,23,25). The summed E-state index contributed by atoms with van der Waals surface area (Å²) < 4.78 is 31.5. The first-order valence-corrected chi connectivity index (χ1v) is 10.7. The van der Waals surface area contributed by atoms with Crippen LogP contribution in [-0.4, -0.2) is 39.6 Å². The van der Waals surface area contributed by atoms with Gasteiger partial charge in [0.2, 0.25) is 5.89 Å². The molecule has 2 aromatic heterocycles. The van der Waals surface area contributed by atoms with Crippen molar-refractivity contribution in [3.05, 3.63) is 53.7 Å². The molecule has 2 heterocycles. The van der Waals surface area contributed by atoms with Crippen LogP contribution in [0.4, 0.5) is 6.01 Å². The predicted molar refractivity (Wildman–Crippen MR) is 106 cm³/mol. The summed E-state index contributed by atoms with van der Waals surface area (Å²) in [5, 5.41) is 14.0. The van der Waals surface area contributed by atoms with Crippen LogP contribution in [-0.2, 0) is 16.3 Å². The second-order valence-corrected chi connectivity index (χ2v) is 9.63. The zero-order valence-corrected chi connectivity index (χ0v) is 17.5. The zero-order valence-electron chi connectivity index (χ0n) is 16.7. The third kappa shape index (κ3) is 4.53. The summed E-state index contributed by atoms with van der Waals surface area (Å²) in [4.78, 5) is 12.7. The van der Waals surface area contributed by atoms with Crippen molar-refractivity contribution in [1.29, 1.82) is 0 Å². The Kier molecular flexibility index (Phi) is 5.83. The summed E-state index contributed by atoms with van der Waals surface area (Å²) in [6.45, 7) is 7.13. The Labute approximate surface area is 169 Å². The number of aromatic nitrogens is 4. The topological polar surface area (TPSA) is 120 Å². The molecule has 9 nitrogen and oxygen atoms in total. The van der Waals surface area contributed by atoms with E-state index in [2.05, 4.69) is 20.6 Å². The van der Waals surface area contributed by atoms with Gasteiger partial charge in [-0.15, -0.1) is 5.10 Å². The van der Waals surface area contributed by atoms with Crippen molar-refractivity contribution in [2.24, 2.45) is 0 Å². The lowest BCUT2D eigenvalue weighted by Gasteiger charge is -2.09. The summed E-state index contributed by atoms with van der Waals surface area (Å²) in [5.41, 5.74) is 1.20. The molecule has 0 bridgehead atoms. The maximum absolute atomic E-state index is 12.4. The highest BCUT2D eigenvalue weighted by molar-refractivity contribution is 7.92.